The average molecular weight is 220 g/mol. The SMILES string of the molecule is COCCCN(CCOC)CC(O)CN. The van der Waals surface area contributed by atoms with Crippen LogP contribution in [0.3, 0.4) is 0 Å². The quantitative estimate of drug-likeness (QED) is 0.476. The molecule has 0 aliphatic carbocycles. The van der Waals surface area contributed by atoms with Gasteiger partial charge in [0.25, 0.3) is 0 Å². The van der Waals surface area contributed by atoms with Crippen LogP contribution in [-0.4, -0.2) is 69.7 Å². The molecular weight excluding hydrogens is 196 g/mol. The van der Waals surface area contributed by atoms with Crippen LogP contribution in [-0.2, 0) is 9.47 Å². The Balaban J connectivity index is 3.72. The van der Waals surface area contributed by atoms with E-state index < -0.39 is 6.10 Å². The van der Waals surface area contributed by atoms with Gasteiger partial charge in [0.05, 0.1) is 12.7 Å². The van der Waals surface area contributed by atoms with Crippen molar-refractivity contribution in [3.63, 3.8) is 0 Å². The molecule has 0 fully saturated rings. The summed E-state index contributed by atoms with van der Waals surface area (Å²) >= 11 is 0. The molecule has 0 rings (SSSR count). The molecule has 0 aromatic heterocycles. The molecule has 0 spiro atoms. The van der Waals surface area contributed by atoms with Crippen LogP contribution in [0.25, 0.3) is 0 Å². The smallest absolute Gasteiger partial charge is 0.0789 e. The van der Waals surface area contributed by atoms with E-state index in [1.54, 1.807) is 14.2 Å². The standard InChI is InChI=1S/C10H24N2O3/c1-14-6-3-4-12(5-7-15-2)9-10(13)8-11/h10,13H,3-9,11H2,1-2H3. The fourth-order valence-electron chi connectivity index (χ4n) is 1.32. The van der Waals surface area contributed by atoms with Gasteiger partial charge in [0.1, 0.15) is 0 Å². The summed E-state index contributed by atoms with van der Waals surface area (Å²) in [5, 5.41) is 9.45. The highest BCUT2D eigenvalue weighted by atomic mass is 16.5. The van der Waals surface area contributed by atoms with Crippen molar-refractivity contribution in [1.29, 1.82) is 0 Å². The van der Waals surface area contributed by atoms with Gasteiger partial charge in [-0.3, -0.25) is 4.90 Å². The molecule has 0 saturated carbocycles. The zero-order chi connectivity index (χ0) is 11.5. The zero-order valence-corrected chi connectivity index (χ0v) is 9.82. The fraction of sp³-hybridized carbons (Fsp3) is 1.00. The first-order valence-electron chi connectivity index (χ1n) is 5.33. The van der Waals surface area contributed by atoms with Gasteiger partial charge in [0.15, 0.2) is 0 Å². The van der Waals surface area contributed by atoms with Crippen LogP contribution in [0.1, 0.15) is 6.42 Å². The number of methoxy groups -OCH3 is 2. The predicted molar refractivity (Wildman–Crippen MR) is 59.9 cm³/mol. The van der Waals surface area contributed by atoms with Gasteiger partial charge >= 0.3 is 0 Å². The van der Waals surface area contributed by atoms with Crippen molar-refractivity contribution in [3.8, 4) is 0 Å². The van der Waals surface area contributed by atoms with Crippen molar-refractivity contribution in [2.75, 3.05) is 53.6 Å². The molecule has 1 atom stereocenters. The van der Waals surface area contributed by atoms with E-state index in [9.17, 15) is 5.11 Å². The third kappa shape index (κ3) is 8.77. The van der Waals surface area contributed by atoms with Gasteiger partial charge in [0.2, 0.25) is 0 Å². The summed E-state index contributed by atoms with van der Waals surface area (Å²) in [6.07, 6.45) is 0.502. The highest BCUT2D eigenvalue weighted by molar-refractivity contribution is 4.65. The number of aliphatic hydroxyl groups is 1. The molecular formula is C10H24N2O3. The summed E-state index contributed by atoms with van der Waals surface area (Å²) in [4.78, 5) is 2.14. The van der Waals surface area contributed by atoms with E-state index in [0.717, 1.165) is 26.1 Å². The van der Waals surface area contributed by atoms with Crippen LogP contribution >= 0.6 is 0 Å². The van der Waals surface area contributed by atoms with Gasteiger partial charge < -0.3 is 20.3 Å². The van der Waals surface area contributed by atoms with Gasteiger partial charge in [-0.05, 0) is 6.42 Å². The highest BCUT2D eigenvalue weighted by Crippen LogP contribution is 1.95. The lowest BCUT2D eigenvalue weighted by molar-refractivity contribution is 0.0856. The van der Waals surface area contributed by atoms with Gasteiger partial charge in [-0.25, -0.2) is 0 Å². The zero-order valence-electron chi connectivity index (χ0n) is 9.82. The van der Waals surface area contributed by atoms with Crippen LogP contribution < -0.4 is 5.73 Å². The number of ether oxygens (including phenoxy) is 2. The van der Waals surface area contributed by atoms with Crippen molar-refractivity contribution in [2.24, 2.45) is 5.73 Å². The maximum Gasteiger partial charge on any atom is 0.0789 e. The van der Waals surface area contributed by atoms with Crippen LogP contribution in [0, 0.1) is 0 Å². The first-order valence-corrected chi connectivity index (χ1v) is 5.33. The van der Waals surface area contributed by atoms with Crippen molar-refractivity contribution < 1.29 is 14.6 Å². The molecule has 5 nitrogen and oxygen atoms in total. The van der Waals surface area contributed by atoms with Gasteiger partial charge in [0, 0.05) is 47.0 Å². The lowest BCUT2D eigenvalue weighted by Crippen LogP contribution is -2.39. The second-order valence-corrected chi connectivity index (χ2v) is 3.53. The molecule has 0 saturated heterocycles. The van der Waals surface area contributed by atoms with E-state index in [1.807, 2.05) is 0 Å². The molecule has 15 heavy (non-hydrogen) atoms. The van der Waals surface area contributed by atoms with Crippen LogP contribution in [0.4, 0.5) is 0 Å². The lowest BCUT2D eigenvalue weighted by Gasteiger charge is -2.24. The van der Waals surface area contributed by atoms with E-state index in [4.69, 9.17) is 15.2 Å². The monoisotopic (exact) mass is 220 g/mol. The molecule has 0 heterocycles. The van der Waals surface area contributed by atoms with Crippen LogP contribution in [0.15, 0.2) is 0 Å². The molecule has 3 N–H and O–H groups in total. The van der Waals surface area contributed by atoms with Crippen molar-refractivity contribution in [1.82, 2.24) is 4.90 Å². The maximum atomic E-state index is 9.45. The Morgan fingerprint density at radius 1 is 1.20 bits per heavy atom. The average Bonchev–Trinajstić information content (AvgIpc) is 2.25. The maximum absolute atomic E-state index is 9.45. The molecule has 0 aromatic carbocycles. The Morgan fingerprint density at radius 3 is 2.40 bits per heavy atom. The topological polar surface area (TPSA) is 68.0 Å². The number of hydrogen-bond acceptors (Lipinski definition) is 5. The molecule has 0 radical (unpaired) electrons. The molecule has 92 valence electrons. The lowest BCUT2D eigenvalue weighted by atomic mass is 10.3. The second kappa shape index (κ2) is 10.3. The second-order valence-electron chi connectivity index (χ2n) is 3.53. The van der Waals surface area contributed by atoms with Crippen LogP contribution in [0.5, 0.6) is 0 Å². The molecule has 0 aromatic rings. The number of aliphatic hydroxyl groups excluding tert-OH is 1. The molecule has 0 bridgehead atoms. The highest BCUT2D eigenvalue weighted by Gasteiger charge is 2.09. The molecule has 0 aliphatic heterocycles. The van der Waals surface area contributed by atoms with E-state index in [-0.39, 0.29) is 0 Å². The number of nitrogens with two attached hydrogens (primary N) is 1. The summed E-state index contributed by atoms with van der Waals surface area (Å²) in [5.74, 6) is 0. The third-order valence-electron chi connectivity index (χ3n) is 2.18. The number of nitrogens with zero attached hydrogens (tertiary/aromatic N) is 1. The summed E-state index contributed by atoms with van der Waals surface area (Å²) in [5.41, 5.74) is 5.37. The normalized spacial score (nSPS) is 13.4. The largest absolute Gasteiger partial charge is 0.390 e. The number of rotatable bonds is 10. The minimum absolute atomic E-state index is 0.299. The van der Waals surface area contributed by atoms with Crippen LogP contribution in [0.2, 0.25) is 0 Å². The number of hydrogen-bond donors (Lipinski definition) is 2. The van der Waals surface area contributed by atoms with Gasteiger partial charge in [-0.15, -0.1) is 0 Å². The first-order chi connectivity index (χ1) is 7.24. The minimum atomic E-state index is -0.454. The van der Waals surface area contributed by atoms with Gasteiger partial charge in [-0.1, -0.05) is 0 Å². The molecule has 0 amide bonds. The fourth-order valence-corrected chi connectivity index (χ4v) is 1.32. The molecule has 0 aliphatic rings. The Hall–Kier alpha value is -0.200. The summed E-state index contributed by atoms with van der Waals surface area (Å²) < 4.78 is 9.99. The Labute approximate surface area is 92.1 Å². The van der Waals surface area contributed by atoms with E-state index in [2.05, 4.69) is 4.90 Å². The Bertz CT molecular complexity index is 136. The Morgan fingerprint density at radius 2 is 1.87 bits per heavy atom. The predicted octanol–water partition coefficient (Wildman–Crippen LogP) is -0.709. The van der Waals surface area contributed by atoms with Crippen molar-refractivity contribution in [3.05, 3.63) is 0 Å². The van der Waals surface area contributed by atoms with E-state index in [0.29, 0.717) is 19.7 Å². The molecule has 1 unspecified atom stereocenters. The van der Waals surface area contributed by atoms with E-state index >= 15 is 0 Å². The summed E-state index contributed by atoms with van der Waals surface area (Å²) in [6.45, 7) is 4.02. The minimum Gasteiger partial charge on any atom is -0.390 e. The first kappa shape index (κ1) is 14.8. The third-order valence-corrected chi connectivity index (χ3v) is 2.18. The van der Waals surface area contributed by atoms with E-state index in [1.165, 1.54) is 0 Å². The van der Waals surface area contributed by atoms with Crippen molar-refractivity contribution in [2.45, 2.75) is 12.5 Å². The Kier molecular flexibility index (Phi) is 10.2. The van der Waals surface area contributed by atoms with Crippen molar-refractivity contribution >= 4 is 0 Å². The molecule has 5 heteroatoms. The van der Waals surface area contributed by atoms with Gasteiger partial charge in [-0.2, -0.15) is 0 Å². The summed E-state index contributed by atoms with van der Waals surface area (Å²) in [7, 11) is 3.36. The summed E-state index contributed by atoms with van der Waals surface area (Å²) in [6, 6.07) is 0.